The molecule has 200 valence electrons. The van der Waals surface area contributed by atoms with E-state index in [9.17, 15) is 40.5 Å². The van der Waals surface area contributed by atoms with Crippen molar-refractivity contribution in [1.82, 2.24) is 4.57 Å². The summed E-state index contributed by atoms with van der Waals surface area (Å²) in [4.78, 5) is 13.2. The topological polar surface area (TPSA) is 191 Å². The quantitative estimate of drug-likeness (QED) is 0.183. The SMILES string of the molecule is Cn1c2ccccc2c(=O)c2c(O)cc3c(c21)CC(C(CO)(CO)O[C@H]1OC(CO)[C@@H](O)C(O)[C@H]1O)O3. The molecule has 2 aliphatic rings. The molecular formula is C25H29NO11. The number of para-hydroxylation sites is 1. The lowest BCUT2D eigenvalue weighted by Crippen LogP contribution is -2.64. The first-order valence-electron chi connectivity index (χ1n) is 11.8. The van der Waals surface area contributed by atoms with Gasteiger partial charge in [0.15, 0.2) is 11.9 Å². The van der Waals surface area contributed by atoms with Crippen molar-refractivity contribution in [2.45, 2.75) is 48.8 Å². The molecule has 1 aromatic heterocycles. The van der Waals surface area contributed by atoms with Crippen LogP contribution in [0.1, 0.15) is 5.56 Å². The van der Waals surface area contributed by atoms with Crippen LogP contribution >= 0.6 is 0 Å². The summed E-state index contributed by atoms with van der Waals surface area (Å²) in [6.07, 6.45) is -9.04. The molecule has 0 spiro atoms. The Balaban J connectivity index is 1.56. The van der Waals surface area contributed by atoms with Crippen LogP contribution < -0.4 is 10.2 Å². The number of phenols is 1. The van der Waals surface area contributed by atoms with Crippen molar-refractivity contribution in [3.63, 3.8) is 0 Å². The van der Waals surface area contributed by atoms with Crippen molar-refractivity contribution in [3.8, 4) is 11.5 Å². The molecule has 6 atom stereocenters. The number of hydrogen-bond donors (Lipinski definition) is 7. The number of pyridine rings is 1. The molecule has 1 saturated heterocycles. The lowest BCUT2D eigenvalue weighted by molar-refractivity contribution is -0.341. The van der Waals surface area contributed by atoms with Gasteiger partial charge < -0.3 is 54.5 Å². The highest BCUT2D eigenvalue weighted by atomic mass is 16.7. The number of ether oxygens (including phenoxy) is 3. The van der Waals surface area contributed by atoms with E-state index >= 15 is 0 Å². The molecule has 2 aromatic carbocycles. The first-order chi connectivity index (χ1) is 17.7. The third-order valence-corrected chi connectivity index (χ3v) is 7.40. The number of aliphatic hydroxyl groups is 6. The number of aromatic nitrogens is 1. The molecule has 5 rings (SSSR count). The van der Waals surface area contributed by atoms with Crippen molar-refractivity contribution < 1.29 is 50.0 Å². The van der Waals surface area contributed by atoms with E-state index in [1.807, 2.05) is 0 Å². The zero-order valence-corrected chi connectivity index (χ0v) is 19.9. The summed E-state index contributed by atoms with van der Waals surface area (Å²) in [5.41, 5.74) is -0.666. The van der Waals surface area contributed by atoms with Crippen molar-refractivity contribution in [3.05, 3.63) is 46.1 Å². The fraction of sp³-hybridized carbons (Fsp3) is 0.480. The standard InChI is InChI=1S/C25H29NO11/c1-26-13-5-3-2-4-11(13)20(31)18-14(30)7-15-12(19(18)26)6-17(35-15)25(9-28,10-29)37-24-23(34)22(33)21(32)16(8-27)36-24/h2-5,7,16-17,21-24,27-30,32-34H,6,8-10H2,1H3/t16?,17?,21-,22?,23-,24-/m1/s1. The molecule has 0 saturated carbocycles. The smallest absolute Gasteiger partial charge is 0.200 e. The third kappa shape index (κ3) is 3.88. The summed E-state index contributed by atoms with van der Waals surface area (Å²) < 4.78 is 19.0. The van der Waals surface area contributed by atoms with E-state index < -0.39 is 62.2 Å². The average molecular weight is 520 g/mol. The minimum Gasteiger partial charge on any atom is -0.507 e. The predicted molar refractivity (Wildman–Crippen MR) is 128 cm³/mol. The van der Waals surface area contributed by atoms with E-state index in [1.165, 1.54) is 6.07 Å². The van der Waals surface area contributed by atoms with Crippen LogP contribution in [0.2, 0.25) is 0 Å². The molecule has 2 aliphatic heterocycles. The van der Waals surface area contributed by atoms with Gasteiger partial charge in [-0.1, -0.05) is 12.1 Å². The maximum Gasteiger partial charge on any atom is 0.200 e. The van der Waals surface area contributed by atoms with Crippen LogP contribution in [0, 0.1) is 0 Å². The third-order valence-electron chi connectivity index (χ3n) is 7.40. The molecule has 12 nitrogen and oxygen atoms in total. The first kappa shape index (κ1) is 25.8. The Morgan fingerprint density at radius 3 is 2.46 bits per heavy atom. The minimum absolute atomic E-state index is 0.0380. The maximum absolute atomic E-state index is 13.2. The fourth-order valence-electron chi connectivity index (χ4n) is 5.26. The number of benzene rings is 2. The summed E-state index contributed by atoms with van der Waals surface area (Å²) in [5, 5.41) is 72.0. The van der Waals surface area contributed by atoms with E-state index in [1.54, 1.807) is 35.9 Å². The summed E-state index contributed by atoms with van der Waals surface area (Å²) in [6.45, 7) is -2.29. The summed E-state index contributed by atoms with van der Waals surface area (Å²) in [6, 6.07) is 8.24. The number of phenolic OH excluding ortho intramolecular Hbond substituents is 1. The Morgan fingerprint density at radius 1 is 1.08 bits per heavy atom. The van der Waals surface area contributed by atoms with Crippen LogP contribution in [0.4, 0.5) is 0 Å². The van der Waals surface area contributed by atoms with Gasteiger partial charge in [0, 0.05) is 30.5 Å². The number of aromatic hydroxyl groups is 1. The van der Waals surface area contributed by atoms with Gasteiger partial charge in [-0.2, -0.15) is 0 Å². The van der Waals surface area contributed by atoms with Crippen LogP contribution in [0.5, 0.6) is 11.5 Å². The molecule has 37 heavy (non-hydrogen) atoms. The Bertz CT molecular complexity index is 1380. The van der Waals surface area contributed by atoms with E-state index in [4.69, 9.17) is 14.2 Å². The minimum atomic E-state index is -1.88. The Kier molecular flexibility index (Phi) is 6.63. The van der Waals surface area contributed by atoms with Crippen LogP contribution in [0.15, 0.2) is 35.1 Å². The van der Waals surface area contributed by atoms with Crippen LogP contribution in [-0.4, -0.2) is 103 Å². The number of fused-ring (bicyclic) bond motifs is 4. The fourth-order valence-corrected chi connectivity index (χ4v) is 5.26. The Morgan fingerprint density at radius 2 is 1.78 bits per heavy atom. The second-order valence-corrected chi connectivity index (χ2v) is 9.51. The van der Waals surface area contributed by atoms with Gasteiger partial charge in [-0.25, -0.2) is 0 Å². The number of hydrogen-bond acceptors (Lipinski definition) is 11. The van der Waals surface area contributed by atoms with Gasteiger partial charge in [-0.15, -0.1) is 0 Å². The van der Waals surface area contributed by atoms with Crippen molar-refractivity contribution >= 4 is 21.8 Å². The predicted octanol–water partition coefficient (Wildman–Crippen LogP) is -1.76. The number of rotatable bonds is 6. The van der Waals surface area contributed by atoms with Crippen LogP contribution in [0.25, 0.3) is 21.8 Å². The first-order valence-corrected chi connectivity index (χ1v) is 11.8. The normalized spacial score (nSPS) is 28.0. The highest BCUT2D eigenvalue weighted by Gasteiger charge is 2.52. The second kappa shape index (κ2) is 9.49. The lowest BCUT2D eigenvalue weighted by atomic mass is 9.92. The zero-order valence-electron chi connectivity index (χ0n) is 19.9. The van der Waals surface area contributed by atoms with Gasteiger partial charge in [0.2, 0.25) is 5.43 Å². The van der Waals surface area contributed by atoms with Crippen LogP contribution in [0.3, 0.4) is 0 Å². The van der Waals surface area contributed by atoms with Gasteiger partial charge in [0.25, 0.3) is 0 Å². The van der Waals surface area contributed by atoms with Gasteiger partial charge in [0.05, 0.1) is 36.2 Å². The summed E-state index contributed by atoms with van der Waals surface area (Å²) in [5.74, 6) is -0.0850. The molecule has 3 heterocycles. The molecular weight excluding hydrogens is 490 g/mol. The monoisotopic (exact) mass is 519 g/mol. The molecule has 3 unspecified atom stereocenters. The average Bonchev–Trinajstić information content (AvgIpc) is 3.34. The molecule has 0 amide bonds. The molecule has 0 radical (unpaired) electrons. The maximum atomic E-state index is 13.2. The van der Waals surface area contributed by atoms with Gasteiger partial charge in [-0.05, 0) is 12.1 Å². The molecule has 3 aromatic rings. The van der Waals surface area contributed by atoms with E-state index in [2.05, 4.69) is 0 Å². The number of aliphatic hydroxyl groups excluding tert-OH is 6. The van der Waals surface area contributed by atoms with Crippen molar-refractivity contribution in [2.75, 3.05) is 19.8 Å². The number of nitrogens with zero attached hydrogens (tertiary/aromatic N) is 1. The van der Waals surface area contributed by atoms with Crippen molar-refractivity contribution in [1.29, 1.82) is 0 Å². The largest absolute Gasteiger partial charge is 0.507 e. The van der Waals surface area contributed by atoms with E-state index in [0.29, 0.717) is 22.0 Å². The molecule has 0 aliphatic carbocycles. The second-order valence-electron chi connectivity index (χ2n) is 9.51. The Labute approximate surface area is 210 Å². The van der Waals surface area contributed by atoms with E-state index in [0.717, 1.165) is 0 Å². The molecule has 0 bridgehead atoms. The van der Waals surface area contributed by atoms with Gasteiger partial charge >= 0.3 is 0 Å². The molecule has 12 heteroatoms. The van der Waals surface area contributed by atoms with Crippen LogP contribution in [-0.2, 0) is 22.9 Å². The van der Waals surface area contributed by atoms with Gasteiger partial charge in [0.1, 0.15) is 42.0 Å². The summed E-state index contributed by atoms with van der Waals surface area (Å²) in [7, 11) is 1.74. The highest BCUT2D eigenvalue weighted by molar-refractivity contribution is 5.99. The van der Waals surface area contributed by atoms with E-state index in [-0.39, 0.29) is 28.7 Å². The van der Waals surface area contributed by atoms with Gasteiger partial charge in [-0.3, -0.25) is 4.79 Å². The molecule has 1 fully saturated rings. The zero-order chi connectivity index (χ0) is 26.6. The summed E-state index contributed by atoms with van der Waals surface area (Å²) >= 11 is 0. The number of aryl methyl sites for hydroxylation is 1. The molecule has 7 N–H and O–H groups in total. The highest BCUT2D eigenvalue weighted by Crippen LogP contribution is 2.43. The van der Waals surface area contributed by atoms with Crippen molar-refractivity contribution in [2.24, 2.45) is 7.05 Å². The Hall–Kier alpha value is -2.81. The lowest BCUT2D eigenvalue weighted by Gasteiger charge is -2.44.